The molecule has 4 rings (SSSR count). The molecule has 0 fully saturated rings. The van der Waals surface area contributed by atoms with Crippen LogP contribution in [-0.2, 0) is 0 Å². The molecule has 1 aromatic heterocycles. The van der Waals surface area contributed by atoms with Gasteiger partial charge in [-0.25, -0.2) is 0 Å². The van der Waals surface area contributed by atoms with E-state index < -0.39 is 0 Å². The van der Waals surface area contributed by atoms with Crippen molar-refractivity contribution in [2.75, 3.05) is 0 Å². The van der Waals surface area contributed by atoms with Gasteiger partial charge < -0.3 is 0 Å². The summed E-state index contributed by atoms with van der Waals surface area (Å²) in [4.78, 5) is 0. The fourth-order valence-electron chi connectivity index (χ4n) is 2.85. The number of nitrogens with zero attached hydrogens (tertiary/aromatic N) is 5. The van der Waals surface area contributed by atoms with Gasteiger partial charge >= 0.3 is 0 Å². The number of nitrogens with one attached hydrogen (secondary N) is 1. The first-order chi connectivity index (χ1) is 12.8. The van der Waals surface area contributed by atoms with Gasteiger partial charge in [-0.3, -0.25) is 5.41 Å². The highest BCUT2D eigenvalue weighted by molar-refractivity contribution is 5.69. The van der Waals surface area contributed by atoms with Crippen molar-refractivity contribution >= 4 is 5.82 Å². The molecule has 1 aliphatic rings. The highest BCUT2D eigenvalue weighted by Crippen LogP contribution is 2.28. The van der Waals surface area contributed by atoms with Gasteiger partial charge in [-0.05, 0) is 17.2 Å². The topological polar surface area (TPSA) is 90.2 Å². The lowest BCUT2D eigenvalue weighted by Crippen LogP contribution is -2.24. The zero-order valence-electron chi connectivity index (χ0n) is 13.7. The summed E-state index contributed by atoms with van der Waals surface area (Å²) < 4.78 is 1.34. The van der Waals surface area contributed by atoms with Crippen LogP contribution in [-0.4, -0.2) is 9.78 Å². The third kappa shape index (κ3) is 2.72. The lowest BCUT2D eigenvalue weighted by Gasteiger charge is -2.08. The Bertz CT molecular complexity index is 1100. The van der Waals surface area contributed by atoms with E-state index in [1.54, 1.807) is 6.20 Å². The minimum atomic E-state index is -0.209. The zero-order valence-corrected chi connectivity index (χ0v) is 13.7. The van der Waals surface area contributed by atoms with Gasteiger partial charge in [-0.15, -0.1) is 5.11 Å². The Hall–Kier alpha value is -3.85. The Morgan fingerprint density at radius 1 is 1.00 bits per heavy atom. The molecule has 2 heterocycles. The smallest absolute Gasteiger partial charge is 0.176 e. The molecule has 0 radical (unpaired) electrons. The van der Waals surface area contributed by atoms with Gasteiger partial charge in [0, 0.05) is 5.56 Å². The lowest BCUT2D eigenvalue weighted by molar-refractivity contribution is 0.774. The van der Waals surface area contributed by atoms with Crippen molar-refractivity contribution in [3.63, 3.8) is 0 Å². The molecule has 6 nitrogen and oxygen atoms in total. The van der Waals surface area contributed by atoms with Crippen LogP contribution >= 0.6 is 0 Å². The molecule has 0 amide bonds. The second-order valence-corrected chi connectivity index (χ2v) is 5.77. The second-order valence-electron chi connectivity index (χ2n) is 5.77. The van der Waals surface area contributed by atoms with Crippen molar-refractivity contribution in [1.82, 2.24) is 9.78 Å². The molecule has 1 unspecified atom stereocenters. The maximum Gasteiger partial charge on any atom is 0.176 e. The van der Waals surface area contributed by atoms with Crippen LogP contribution in [0.15, 0.2) is 83.2 Å². The number of azo groups is 1. The van der Waals surface area contributed by atoms with E-state index in [-0.39, 0.29) is 17.1 Å². The van der Waals surface area contributed by atoms with E-state index in [4.69, 9.17) is 5.41 Å². The van der Waals surface area contributed by atoms with E-state index >= 15 is 0 Å². The molecule has 1 N–H and O–H groups in total. The maximum absolute atomic E-state index is 9.57. The molecule has 2 aromatic carbocycles. The van der Waals surface area contributed by atoms with Gasteiger partial charge in [0.15, 0.2) is 11.3 Å². The number of aromatic nitrogens is 2. The van der Waals surface area contributed by atoms with Crippen molar-refractivity contribution in [2.24, 2.45) is 10.2 Å². The second kappa shape index (κ2) is 6.57. The number of nitriles is 1. The van der Waals surface area contributed by atoms with Gasteiger partial charge in [0.25, 0.3) is 0 Å². The quantitative estimate of drug-likeness (QED) is 0.784. The van der Waals surface area contributed by atoms with E-state index in [1.165, 1.54) is 4.68 Å². The normalized spacial score (nSPS) is 15.5. The van der Waals surface area contributed by atoms with Crippen LogP contribution in [0.4, 0.5) is 0 Å². The summed E-state index contributed by atoms with van der Waals surface area (Å²) in [7, 11) is 0. The Morgan fingerprint density at radius 3 is 2.38 bits per heavy atom. The van der Waals surface area contributed by atoms with Crippen LogP contribution in [0.1, 0.15) is 17.2 Å². The molecule has 1 atom stereocenters. The van der Waals surface area contributed by atoms with Crippen molar-refractivity contribution in [3.8, 4) is 17.2 Å². The van der Waals surface area contributed by atoms with E-state index in [0.29, 0.717) is 11.4 Å². The minimum absolute atomic E-state index is 0.00670. The summed E-state index contributed by atoms with van der Waals surface area (Å²) in [5.41, 5.74) is 2.74. The number of benzene rings is 2. The monoisotopic (exact) mass is 338 g/mol. The molecule has 1 aliphatic heterocycles. The Balaban J connectivity index is 1.77. The highest BCUT2D eigenvalue weighted by atomic mass is 15.4. The first-order valence-corrected chi connectivity index (χ1v) is 8.08. The maximum atomic E-state index is 9.57. The first kappa shape index (κ1) is 15.7. The molecule has 0 saturated heterocycles. The first-order valence-electron chi connectivity index (χ1n) is 8.08. The van der Waals surface area contributed by atoms with Gasteiger partial charge in [-0.1, -0.05) is 60.7 Å². The Morgan fingerprint density at radius 2 is 1.69 bits per heavy atom. The van der Waals surface area contributed by atoms with Crippen LogP contribution < -0.4 is 5.49 Å². The average molecular weight is 338 g/mol. The van der Waals surface area contributed by atoms with Gasteiger partial charge in [0.1, 0.15) is 17.7 Å². The SMILES string of the molecule is N#Cc1c(-c2ccccc2)cnn(C2=CC(c3ccccc3)N=N2)c1=N. The molecule has 124 valence electrons. The molecule has 6 heteroatoms. The predicted octanol–water partition coefficient (Wildman–Crippen LogP) is 3.91. The summed E-state index contributed by atoms with van der Waals surface area (Å²) in [6, 6.07) is 21.2. The van der Waals surface area contributed by atoms with Gasteiger partial charge in [0.05, 0.1) is 6.20 Å². The summed E-state index contributed by atoms with van der Waals surface area (Å²) >= 11 is 0. The molecule has 0 saturated carbocycles. The van der Waals surface area contributed by atoms with Crippen molar-refractivity contribution in [1.29, 1.82) is 10.7 Å². The minimum Gasteiger partial charge on any atom is -0.282 e. The zero-order chi connectivity index (χ0) is 17.9. The van der Waals surface area contributed by atoms with Crippen LogP contribution in [0.2, 0.25) is 0 Å². The number of rotatable bonds is 3. The van der Waals surface area contributed by atoms with Crippen LogP contribution in [0.3, 0.4) is 0 Å². The standard InChI is InChI=1S/C20H14N6/c21-12-16-17(14-7-3-1-4-8-14)13-23-26(20(16)22)19-11-18(24-25-19)15-9-5-2-6-10-15/h1-11,13,18,22H. The fourth-order valence-corrected chi connectivity index (χ4v) is 2.85. The van der Waals surface area contributed by atoms with Gasteiger partial charge in [-0.2, -0.15) is 20.2 Å². The van der Waals surface area contributed by atoms with E-state index in [0.717, 1.165) is 11.1 Å². The molecule has 0 aliphatic carbocycles. The molecular formula is C20H14N6. The van der Waals surface area contributed by atoms with E-state index in [1.807, 2.05) is 66.7 Å². The number of hydrogen-bond donors (Lipinski definition) is 1. The van der Waals surface area contributed by atoms with Crippen molar-refractivity contribution in [2.45, 2.75) is 6.04 Å². The van der Waals surface area contributed by atoms with Crippen LogP contribution in [0.5, 0.6) is 0 Å². The third-order valence-corrected chi connectivity index (χ3v) is 4.17. The summed E-state index contributed by atoms with van der Waals surface area (Å²) in [6.07, 6.45) is 3.43. The predicted molar refractivity (Wildman–Crippen MR) is 96.5 cm³/mol. The number of hydrogen-bond acceptors (Lipinski definition) is 5. The average Bonchev–Trinajstić information content (AvgIpc) is 3.19. The molecule has 0 spiro atoms. The van der Waals surface area contributed by atoms with E-state index in [2.05, 4.69) is 21.4 Å². The molecular weight excluding hydrogens is 324 g/mol. The highest BCUT2D eigenvalue weighted by Gasteiger charge is 2.19. The molecule has 26 heavy (non-hydrogen) atoms. The Kier molecular flexibility index (Phi) is 3.96. The summed E-state index contributed by atoms with van der Waals surface area (Å²) in [5, 5.41) is 30.7. The summed E-state index contributed by atoms with van der Waals surface area (Å²) in [6.45, 7) is 0. The summed E-state index contributed by atoms with van der Waals surface area (Å²) in [5.74, 6) is 0.444. The lowest BCUT2D eigenvalue weighted by atomic mass is 10.0. The Labute approximate surface area is 149 Å². The van der Waals surface area contributed by atoms with E-state index in [9.17, 15) is 5.26 Å². The molecule has 3 aromatic rings. The largest absolute Gasteiger partial charge is 0.282 e. The van der Waals surface area contributed by atoms with Crippen LogP contribution in [0.25, 0.3) is 16.9 Å². The third-order valence-electron chi connectivity index (χ3n) is 4.17. The fraction of sp³-hybridized carbons (Fsp3) is 0.0500. The van der Waals surface area contributed by atoms with Crippen molar-refractivity contribution in [3.05, 3.63) is 89.6 Å². The van der Waals surface area contributed by atoms with Gasteiger partial charge in [0.2, 0.25) is 0 Å². The van der Waals surface area contributed by atoms with Crippen LogP contribution in [0, 0.1) is 16.7 Å². The van der Waals surface area contributed by atoms with Crippen molar-refractivity contribution < 1.29 is 0 Å². The molecule has 0 bridgehead atoms.